The molecule has 0 bridgehead atoms. The summed E-state index contributed by atoms with van der Waals surface area (Å²) in [5.74, 6) is 0. The summed E-state index contributed by atoms with van der Waals surface area (Å²) in [6.07, 6.45) is 2.68. The van der Waals surface area contributed by atoms with Gasteiger partial charge < -0.3 is 0 Å². The first-order valence-electron chi connectivity index (χ1n) is 6.40. The van der Waals surface area contributed by atoms with Gasteiger partial charge in [-0.05, 0) is 22.8 Å². The van der Waals surface area contributed by atoms with E-state index in [1.54, 1.807) is 0 Å². The fraction of sp³-hybridized carbons (Fsp3) is 1.00. The van der Waals surface area contributed by atoms with Crippen molar-refractivity contribution in [3.05, 3.63) is 0 Å². The highest BCUT2D eigenvalue weighted by atomic mass is 28.3. The van der Waals surface area contributed by atoms with Crippen LogP contribution in [0.1, 0.15) is 54.4 Å². The van der Waals surface area contributed by atoms with Crippen LogP contribution in [-0.4, -0.2) is 8.07 Å². The lowest BCUT2D eigenvalue weighted by Gasteiger charge is -2.44. The summed E-state index contributed by atoms with van der Waals surface area (Å²) in [4.78, 5) is 0. The van der Waals surface area contributed by atoms with E-state index in [1.807, 2.05) is 0 Å². The minimum Gasteiger partial charge on any atom is -0.0693 e. The lowest BCUT2D eigenvalue weighted by molar-refractivity contribution is 0.242. The van der Waals surface area contributed by atoms with Gasteiger partial charge in [0.05, 0.1) is 0 Å². The first-order valence-corrected chi connectivity index (χ1v) is 9.98. The van der Waals surface area contributed by atoms with Crippen LogP contribution < -0.4 is 0 Å². The summed E-state index contributed by atoms with van der Waals surface area (Å²) < 4.78 is 0. The zero-order valence-corrected chi connectivity index (χ0v) is 13.5. The molecule has 0 radical (unpaired) electrons. The first kappa shape index (κ1) is 15.2. The van der Waals surface area contributed by atoms with Gasteiger partial charge in [0.15, 0.2) is 0 Å². The molecule has 0 fully saturated rings. The predicted molar refractivity (Wildman–Crippen MR) is 75.2 cm³/mol. The van der Waals surface area contributed by atoms with E-state index in [9.17, 15) is 0 Å². The van der Waals surface area contributed by atoms with Gasteiger partial charge in [0.2, 0.25) is 0 Å². The normalized spacial score (nSPS) is 16.6. The van der Waals surface area contributed by atoms with E-state index in [0.717, 1.165) is 5.54 Å². The molecule has 1 unspecified atom stereocenters. The molecule has 0 amide bonds. The number of rotatable bonds is 4. The summed E-state index contributed by atoms with van der Waals surface area (Å²) in [7, 11) is -1.05. The van der Waals surface area contributed by atoms with E-state index >= 15 is 0 Å². The van der Waals surface area contributed by atoms with Crippen molar-refractivity contribution in [1.29, 1.82) is 0 Å². The van der Waals surface area contributed by atoms with E-state index in [2.05, 4.69) is 61.2 Å². The summed E-state index contributed by atoms with van der Waals surface area (Å²) in [5.41, 5.74) is 1.91. The second-order valence-corrected chi connectivity index (χ2v) is 13.5. The maximum absolute atomic E-state index is 2.53. The summed E-state index contributed by atoms with van der Waals surface area (Å²) >= 11 is 0. The molecule has 0 nitrogen and oxygen atoms in total. The van der Waals surface area contributed by atoms with Gasteiger partial charge in [-0.2, -0.15) is 0 Å². The van der Waals surface area contributed by atoms with Crippen molar-refractivity contribution >= 4 is 8.07 Å². The molecule has 0 rings (SSSR count). The molecule has 1 atom stereocenters. The molecule has 0 aliphatic heterocycles. The van der Waals surface area contributed by atoms with Crippen molar-refractivity contribution < 1.29 is 0 Å². The average Bonchev–Trinajstić information content (AvgIpc) is 1.96. The van der Waals surface area contributed by atoms with Crippen molar-refractivity contribution in [3.63, 3.8) is 0 Å². The van der Waals surface area contributed by atoms with Crippen LogP contribution in [0.4, 0.5) is 0 Å². The smallest absolute Gasteiger partial charge is 0.0479 e. The van der Waals surface area contributed by atoms with Gasteiger partial charge in [0, 0.05) is 8.07 Å². The fourth-order valence-electron chi connectivity index (χ4n) is 2.61. The maximum atomic E-state index is 2.53. The van der Waals surface area contributed by atoms with Crippen LogP contribution >= 0.6 is 0 Å². The Balaban J connectivity index is 4.92. The Labute approximate surface area is 98.9 Å². The lowest BCUT2D eigenvalue weighted by atomic mass is 9.78. The van der Waals surface area contributed by atoms with Gasteiger partial charge in [-0.1, -0.05) is 67.6 Å². The molecule has 0 aromatic carbocycles. The van der Waals surface area contributed by atoms with Crippen molar-refractivity contribution in [3.8, 4) is 0 Å². The Hall–Kier alpha value is 0.217. The molecule has 1 heteroatoms. The van der Waals surface area contributed by atoms with E-state index in [-0.39, 0.29) is 0 Å². The molecule has 15 heavy (non-hydrogen) atoms. The van der Waals surface area contributed by atoms with Gasteiger partial charge in [-0.25, -0.2) is 0 Å². The van der Waals surface area contributed by atoms with Crippen LogP contribution in [0.3, 0.4) is 0 Å². The van der Waals surface area contributed by atoms with Crippen LogP contribution in [0.5, 0.6) is 0 Å². The Morgan fingerprint density at radius 1 is 0.933 bits per heavy atom. The number of hydrogen-bond acceptors (Lipinski definition) is 0. The zero-order chi connectivity index (χ0) is 12.5. The van der Waals surface area contributed by atoms with Gasteiger partial charge in [0.25, 0.3) is 0 Å². The van der Waals surface area contributed by atoms with Gasteiger partial charge in [-0.3, -0.25) is 0 Å². The molecular formula is C14H32Si. The Kier molecular flexibility index (Phi) is 4.67. The average molecular weight is 228 g/mol. The quantitative estimate of drug-likeness (QED) is 0.552. The molecule has 0 saturated heterocycles. The standard InChI is InChI=1S/C14H32Si/c1-10-14(5,6)12(15(7,8)9)11-13(2,3)4/h12H,10-11H2,1-9H3. The molecule has 92 valence electrons. The van der Waals surface area contributed by atoms with Gasteiger partial charge >= 0.3 is 0 Å². The topological polar surface area (TPSA) is 0 Å². The molecule has 0 aliphatic carbocycles. The van der Waals surface area contributed by atoms with Crippen LogP contribution in [0.15, 0.2) is 0 Å². The third kappa shape index (κ3) is 5.19. The van der Waals surface area contributed by atoms with Crippen molar-refractivity contribution in [2.75, 3.05) is 0 Å². The summed E-state index contributed by atoms with van der Waals surface area (Å²) in [5, 5.41) is 0. The Morgan fingerprint density at radius 2 is 1.33 bits per heavy atom. The molecule has 0 saturated carbocycles. The van der Waals surface area contributed by atoms with Crippen molar-refractivity contribution in [2.24, 2.45) is 10.8 Å². The number of hydrogen-bond donors (Lipinski definition) is 0. The van der Waals surface area contributed by atoms with Gasteiger partial charge in [-0.15, -0.1) is 0 Å². The highest BCUT2D eigenvalue weighted by Crippen LogP contribution is 2.48. The summed E-state index contributed by atoms with van der Waals surface area (Å²) in [6.45, 7) is 22.0. The highest BCUT2D eigenvalue weighted by Gasteiger charge is 2.39. The maximum Gasteiger partial charge on any atom is 0.0479 e. The molecule has 0 spiro atoms. The molecule has 0 N–H and O–H groups in total. The molecule has 0 aromatic heterocycles. The SMILES string of the molecule is CCC(C)(C)C(CC(C)(C)C)[Si](C)(C)C. The minimum absolute atomic E-state index is 0.470. The van der Waals surface area contributed by atoms with Crippen molar-refractivity contribution in [2.45, 2.75) is 79.6 Å². The molecule has 0 heterocycles. The van der Waals surface area contributed by atoms with Crippen molar-refractivity contribution in [1.82, 2.24) is 0 Å². The Bertz CT molecular complexity index is 190. The second-order valence-electron chi connectivity index (χ2n) is 8.03. The minimum atomic E-state index is -1.05. The molecule has 0 aromatic rings. The summed E-state index contributed by atoms with van der Waals surface area (Å²) in [6, 6.07) is 0. The molecule has 0 aliphatic rings. The van der Waals surface area contributed by atoms with E-state index in [0.29, 0.717) is 10.8 Å². The van der Waals surface area contributed by atoms with E-state index in [4.69, 9.17) is 0 Å². The Morgan fingerprint density at radius 3 is 1.53 bits per heavy atom. The lowest BCUT2D eigenvalue weighted by Crippen LogP contribution is -2.39. The van der Waals surface area contributed by atoms with Crippen LogP contribution in [0.25, 0.3) is 0 Å². The fourth-order valence-corrected chi connectivity index (χ4v) is 6.39. The zero-order valence-electron chi connectivity index (χ0n) is 12.5. The largest absolute Gasteiger partial charge is 0.0693 e. The van der Waals surface area contributed by atoms with Crippen LogP contribution in [0, 0.1) is 10.8 Å². The predicted octanol–water partition coefficient (Wildman–Crippen LogP) is 5.57. The monoisotopic (exact) mass is 228 g/mol. The first-order chi connectivity index (χ1) is 6.40. The van der Waals surface area contributed by atoms with E-state index < -0.39 is 8.07 Å². The van der Waals surface area contributed by atoms with Gasteiger partial charge in [0.1, 0.15) is 0 Å². The molecular weight excluding hydrogens is 196 g/mol. The third-order valence-electron chi connectivity index (χ3n) is 3.72. The second kappa shape index (κ2) is 4.61. The van der Waals surface area contributed by atoms with E-state index in [1.165, 1.54) is 12.8 Å². The van der Waals surface area contributed by atoms with Crippen LogP contribution in [0.2, 0.25) is 25.2 Å². The van der Waals surface area contributed by atoms with Crippen LogP contribution in [-0.2, 0) is 0 Å². The third-order valence-corrected chi connectivity index (χ3v) is 6.79. The highest BCUT2D eigenvalue weighted by molar-refractivity contribution is 6.77.